The highest BCUT2D eigenvalue weighted by molar-refractivity contribution is 6.30. The molecule has 0 radical (unpaired) electrons. The van der Waals surface area contributed by atoms with Crippen molar-refractivity contribution in [1.82, 2.24) is 14.7 Å². The normalized spacial score (nSPS) is 22.1. The van der Waals surface area contributed by atoms with E-state index in [-0.39, 0.29) is 49.1 Å². The van der Waals surface area contributed by atoms with E-state index in [2.05, 4.69) is 5.32 Å². The Hall–Kier alpha value is -3.39. The van der Waals surface area contributed by atoms with Crippen LogP contribution < -0.4 is 5.32 Å². The lowest BCUT2D eigenvalue weighted by molar-refractivity contribution is -0.170. The Morgan fingerprint density at radius 1 is 1.03 bits per heavy atom. The van der Waals surface area contributed by atoms with E-state index in [9.17, 15) is 19.2 Å². The molecule has 0 bridgehead atoms. The summed E-state index contributed by atoms with van der Waals surface area (Å²) in [5.41, 5.74) is 2.18. The Labute approximate surface area is 234 Å². The van der Waals surface area contributed by atoms with Crippen LogP contribution in [0.3, 0.4) is 0 Å². The smallest absolute Gasteiger partial charge is 0.323 e. The van der Waals surface area contributed by atoms with Crippen LogP contribution in [0.2, 0.25) is 5.02 Å². The van der Waals surface area contributed by atoms with Gasteiger partial charge in [0.2, 0.25) is 11.8 Å². The van der Waals surface area contributed by atoms with E-state index in [1.807, 2.05) is 29.2 Å². The quantitative estimate of drug-likeness (QED) is 0.514. The van der Waals surface area contributed by atoms with Gasteiger partial charge in [-0.05, 0) is 74.1 Å². The molecular formula is C30H35ClN4O4. The molecular weight excluding hydrogens is 516 g/mol. The van der Waals surface area contributed by atoms with E-state index in [1.165, 1.54) is 6.92 Å². The number of halogens is 1. The highest BCUT2D eigenvalue weighted by Gasteiger charge is 2.51. The molecule has 2 saturated heterocycles. The summed E-state index contributed by atoms with van der Waals surface area (Å²) < 4.78 is 0. The minimum atomic E-state index is -0.554. The molecule has 3 aliphatic rings. The number of nitrogens with zero attached hydrogens (tertiary/aromatic N) is 3. The van der Waals surface area contributed by atoms with Crippen molar-refractivity contribution in [3.63, 3.8) is 0 Å². The maximum absolute atomic E-state index is 13.9. The fraction of sp³-hybridized carbons (Fsp3) is 0.467. The molecule has 2 heterocycles. The number of piperazine rings is 1. The summed E-state index contributed by atoms with van der Waals surface area (Å²) in [4.78, 5) is 57.6. The van der Waals surface area contributed by atoms with Gasteiger partial charge in [0.05, 0.1) is 6.54 Å². The van der Waals surface area contributed by atoms with Crippen molar-refractivity contribution in [3.8, 4) is 0 Å². The maximum atomic E-state index is 13.9. The minimum Gasteiger partial charge on any atom is -0.337 e. The first kappa shape index (κ1) is 27.2. The second kappa shape index (κ2) is 11.8. The Balaban J connectivity index is 1.39. The number of rotatable bonds is 6. The fourth-order valence-electron chi connectivity index (χ4n) is 6.19. The fourth-order valence-corrected chi connectivity index (χ4v) is 6.40. The molecule has 0 aromatic heterocycles. The molecule has 39 heavy (non-hydrogen) atoms. The molecule has 5 rings (SSSR count). The van der Waals surface area contributed by atoms with Gasteiger partial charge in [0.25, 0.3) is 0 Å². The zero-order valence-electron chi connectivity index (χ0n) is 22.3. The number of hydrogen-bond acceptors (Lipinski definition) is 4. The second-order valence-electron chi connectivity index (χ2n) is 10.8. The van der Waals surface area contributed by atoms with Crippen molar-refractivity contribution >= 4 is 40.9 Å². The lowest BCUT2D eigenvalue weighted by Crippen LogP contribution is -2.73. The number of ketones is 1. The molecule has 4 amide bonds. The van der Waals surface area contributed by atoms with Crippen LogP contribution in [0.5, 0.6) is 0 Å². The predicted molar refractivity (Wildman–Crippen MR) is 150 cm³/mol. The van der Waals surface area contributed by atoms with Crippen molar-refractivity contribution in [2.24, 2.45) is 5.92 Å². The molecule has 0 spiro atoms. The van der Waals surface area contributed by atoms with E-state index in [0.717, 1.165) is 37.7 Å². The number of urea groups is 1. The lowest BCUT2D eigenvalue weighted by atomic mass is 9.81. The van der Waals surface area contributed by atoms with Crippen molar-refractivity contribution in [2.75, 3.05) is 25.0 Å². The third-order valence-corrected chi connectivity index (χ3v) is 8.48. The van der Waals surface area contributed by atoms with Crippen LogP contribution in [0.4, 0.5) is 10.5 Å². The van der Waals surface area contributed by atoms with Crippen molar-refractivity contribution < 1.29 is 19.2 Å². The van der Waals surface area contributed by atoms with Crippen LogP contribution in [-0.2, 0) is 16.0 Å². The molecule has 0 unspecified atom stereocenters. The molecule has 2 atom stereocenters. The number of hydrogen-bond donors (Lipinski definition) is 1. The van der Waals surface area contributed by atoms with Crippen LogP contribution in [0.15, 0.2) is 48.5 Å². The third-order valence-electron chi connectivity index (χ3n) is 8.24. The SMILES string of the molecule is CC(=O)c1ccc(NC(=O)N2CCC(=O)N3[C@@H](C4CCCCC4)C(=O)N(CCc4cccc(Cl)c4)C[C@H]23)cc1. The summed E-state index contributed by atoms with van der Waals surface area (Å²) in [5, 5.41) is 3.58. The number of nitrogens with one attached hydrogen (secondary N) is 1. The molecule has 3 fully saturated rings. The zero-order chi connectivity index (χ0) is 27.5. The monoisotopic (exact) mass is 550 g/mol. The van der Waals surface area contributed by atoms with Gasteiger partial charge < -0.3 is 20.0 Å². The van der Waals surface area contributed by atoms with Gasteiger partial charge >= 0.3 is 6.03 Å². The zero-order valence-corrected chi connectivity index (χ0v) is 23.0. The second-order valence-corrected chi connectivity index (χ2v) is 11.2. The summed E-state index contributed by atoms with van der Waals surface area (Å²) in [6.07, 6.45) is 5.34. The van der Waals surface area contributed by atoms with E-state index in [1.54, 1.807) is 34.1 Å². The number of amides is 4. The van der Waals surface area contributed by atoms with Gasteiger partial charge in [-0.25, -0.2) is 4.79 Å². The molecule has 8 nitrogen and oxygen atoms in total. The molecule has 1 N–H and O–H groups in total. The molecule has 2 aromatic rings. The van der Waals surface area contributed by atoms with Gasteiger partial charge in [0.1, 0.15) is 12.2 Å². The lowest BCUT2D eigenvalue weighted by Gasteiger charge is -2.54. The molecule has 9 heteroatoms. The van der Waals surface area contributed by atoms with Gasteiger partial charge in [-0.15, -0.1) is 0 Å². The average Bonchev–Trinajstić information content (AvgIpc) is 2.93. The van der Waals surface area contributed by atoms with E-state index >= 15 is 0 Å². The van der Waals surface area contributed by atoms with Gasteiger partial charge in [0, 0.05) is 35.8 Å². The van der Waals surface area contributed by atoms with Crippen molar-refractivity contribution in [2.45, 2.75) is 64.1 Å². The van der Waals surface area contributed by atoms with Gasteiger partial charge in [0.15, 0.2) is 5.78 Å². The molecule has 2 aliphatic heterocycles. The molecule has 1 saturated carbocycles. The van der Waals surface area contributed by atoms with E-state index in [4.69, 9.17) is 11.6 Å². The largest absolute Gasteiger partial charge is 0.337 e. The van der Waals surface area contributed by atoms with Crippen LogP contribution in [-0.4, -0.2) is 70.2 Å². The highest BCUT2D eigenvalue weighted by atomic mass is 35.5. The Kier molecular flexibility index (Phi) is 8.21. The number of carbonyl (C=O) groups excluding carboxylic acids is 4. The Morgan fingerprint density at radius 2 is 1.77 bits per heavy atom. The summed E-state index contributed by atoms with van der Waals surface area (Å²) >= 11 is 6.18. The standard InChI is InChI=1S/C30H35ClN4O4/c1-20(36)22-10-12-25(13-11-22)32-30(39)34-17-15-27(37)35-26(34)19-33(16-14-21-6-5-9-24(31)18-21)29(38)28(35)23-7-3-2-4-8-23/h5-6,9-13,18,23,26,28H,2-4,7-8,14-17,19H2,1H3,(H,32,39)/t26-,28+/m1/s1. The average molecular weight is 551 g/mol. The summed E-state index contributed by atoms with van der Waals surface area (Å²) in [6, 6.07) is 13.5. The number of carbonyl (C=O) groups is 4. The first-order chi connectivity index (χ1) is 18.8. The predicted octanol–water partition coefficient (Wildman–Crippen LogP) is 4.97. The minimum absolute atomic E-state index is 0.0180. The van der Waals surface area contributed by atoms with Crippen molar-refractivity contribution in [3.05, 3.63) is 64.7 Å². The summed E-state index contributed by atoms with van der Waals surface area (Å²) in [6.45, 7) is 2.54. The molecule has 206 valence electrons. The van der Waals surface area contributed by atoms with E-state index in [0.29, 0.717) is 29.2 Å². The first-order valence-corrected chi connectivity index (χ1v) is 14.2. The highest BCUT2D eigenvalue weighted by Crippen LogP contribution is 2.36. The molecule has 1 aliphatic carbocycles. The number of fused-ring (bicyclic) bond motifs is 1. The third kappa shape index (κ3) is 5.96. The summed E-state index contributed by atoms with van der Waals surface area (Å²) in [5.74, 6) is -0.0331. The summed E-state index contributed by atoms with van der Waals surface area (Å²) in [7, 11) is 0. The van der Waals surface area contributed by atoms with Crippen LogP contribution in [0.25, 0.3) is 0 Å². The van der Waals surface area contributed by atoms with Gasteiger partial charge in [-0.3, -0.25) is 14.4 Å². The van der Waals surface area contributed by atoms with Crippen LogP contribution in [0.1, 0.15) is 61.4 Å². The van der Waals surface area contributed by atoms with Crippen LogP contribution >= 0.6 is 11.6 Å². The number of Topliss-reactive ketones (excluding diaryl/α,β-unsaturated/α-hetero) is 1. The van der Waals surface area contributed by atoms with Gasteiger partial charge in [-0.1, -0.05) is 43.0 Å². The Bertz CT molecular complexity index is 1240. The Morgan fingerprint density at radius 3 is 2.46 bits per heavy atom. The number of benzene rings is 2. The topological polar surface area (TPSA) is 90.0 Å². The first-order valence-electron chi connectivity index (χ1n) is 13.8. The van der Waals surface area contributed by atoms with E-state index < -0.39 is 12.2 Å². The maximum Gasteiger partial charge on any atom is 0.323 e. The van der Waals surface area contributed by atoms with Crippen molar-refractivity contribution in [1.29, 1.82) is 0 Å². The van der Waals surface area contributed by atoms with Gasteiger partial charge in [-0.2, -0.15) is 0 Å². The number of anilines is 1. The van der Waals surface area contributed by atoms with Crippen LogP contribution in [0, 0.1) is 5.92 Å². The molecule has 2 aromatic carbocycles.